The van der Waals surface area contributed by atoms with Crippen molar-refractivity contribution in [3.05, 3.63) is 0 Å². The molecule has 0 rings (SSSR count). The topological polar surface area (TPSA) is 38.9 Å². The van der Waals surface area contributed by atoms with Crippen LogP contribution in [-0.2, 0) is 4.84 Å². The smallest absolute Gasteiger partial charge is 0.157 e. The van der Waals surface area contributed by atoms with Gasteiger partial charge in [-0.05, 0) is 18.9 Å². The highest BCUT2D eigenvalue weighted by Gasteiger charge is 2.08. The van der Waals surface area contributed by atoms with Gasteiger partial charge in [0.05, 0.1) is 12.5 Å². The fraction of sp³-hybridized carbons (Fsp3) is 0.857. The normalized spacial score (nSPS) is 9.80. The minimum Gasteiger partial charge on any atom is -0.198 e. The van der Waals surface area contributed by atoms with Crippen molar-refractivity contribution in [3.63, 3.8) is 0 Å². The summed E-state index contributed by atoms with van der Waals surface area (Å²) in [5.41, 5.74) is 0. The van der Waals surface area contributed by atoms with Gasteiger partial charge in [0.15, 0.2) is 13.1 Å². The standard InChI is InChI=1S/C7H14N2O/c1-3-9(4-2)10-7-5-6-8/h3-5,7H2,1-2H3/q+1. The SMILES string of the molecule is CC[N+](CC)OCCC#N. The Balaban J connectivity index is 3.19. The van der Waals surface area contributed by atoms with E-state index in [0.717, 1.165) is 13.1 Å². The Bertz CT molecular complexity index is 105. The van der Waals surface area contributed by atoms with E-state index in [4.69, 9.17) is 10.1 Å². The molecule has 0 aromatic heterocycles. The van der Waals surface area contributed by atoms with Crippen LogP contribution in [0.3, 0.4) is 0 Å². The van der Waals surface area contributed by atoms with E-state index in [1.807, 2.05) is 25.0 Å². The molecule has 0 aliphatic rings. The summed E-state index contributed by atoms with van der Waals surface area (Å²) >= 11 is 0. The molecule has 57 valence electrons. The Morgan fingerprint density at radius 2 is 2.00 bits per heavy atom. The van der Waals surface area contributed by atoms with Crippen molar-refractivity contribution in [1.29, 1.82) is 5.26 Å². The maximum atomic E-state index is 8.18. The molecule has 0 atom stereocenters. The Labute approximate surface area is 62.1 Å². The van der Waals surface area contributed by atoms with Gasteiger partial charge in [0.1, 0.15) is 6.61 Å². The summed E-state index contributed by atoms with van der Waals surface area (Å²) in [6.45, 7) is 6.31. The van der Waals surface area contributed by atoms with Gasteiger partial charge in [0.2, 0.25) is 0 Å². The van der Waals surface area contributed by atoms with Gasteiger partial charge < -0.3 is 0 Å². The van der Waals surface area contributed by atoms with Gasteiger partial charge in [-0.1, -0.05) is 0 Å². The molecule has 0 aliphatic carbocycles. The second kappa shape index (κ2) is 6.53. The Morgan fingerprint density at radius 1 is 1.40 bits per heavy atom. The average molecular weight is 142 g/mol. The molecule has 0 aliphatic heterocycles. The van der Waals surface area contributed by atoms with Gasteiger partial charge in [-0.2, -0.15) is 5.26 Å². The molecule has 10 heavy (non-hydrogen) atoms. The number of hydroxylamine groups is 2. The second-order valence-electron chi connectivity index (χ2n) is 1.86. The van der Waals surface area contributed by atoms with Crippen LogP contribution in [0.25, 0.3) is 0 Å². The molecule has 0 saturated heterocycles. The zero-order valence-corrected chi connectivity index (χ0v) is 6.63. The second-order valence-corrected chi connectivity index (χ2v) is 1.86. The fourth-order valence-electron chi connectivity index (χ4n) is 0.627. The first kappa shape index (κ1) is 9.41. The maximum absolute atomic E-state index is 8.18. The molecule has 3 nitrogen and oxygen atoms in total. The molecule has 1 radical (unpaired) electrons. The van der Waals surface area contributed by atoms with Crippen LogP contribution in [0.4, 0.5) is 0 Å². The molecule has 0 fully saturated rings. The van der Waals surface area contributed by atoms with E-state index in [1.165, 1.54) is 0 Å². The van der Waals surface area contributed by atoms with E-state index >= 15 is 0 Å². The first-order valence-corrected chi connectivity index (χ1v) is 3.60. The van der Waals surface area contributed by atoms with E-state index < -0.39 is 0 Å². The third-order valence-electron chi connectivity index (χ3n) is 1.19. The monoisotopic (exact) mass is 142 g/mol. The molecule has 0 N–H and O–H groups in total. The highest BCUT2D eigenvalue weighted by atomic mass is 16.7. The summed E-state index contributed by atoms with van der Waals surface area (Å²) in [6.07, 6.45) is 0.469. The minimum absolute atomic E-state index is 0.469. The van der Waals surface area contributed by atoms with Crippen molar-refractivity contribution in [2.24, 2.45) is 0 Å². The zero-order valence-electron chi connectivity index (χ0n) is 6.63. The minimum atomic E-state index is 0.469. The van der Waals surface area contributed by atoms with Crippen molar-refractivity contribution < 1.29 is 4.84 Å². The van der Waals surface area contributed by atoms with Crippen molar-refractivity contribution in [1.82, 2.24) is 5.06 Å². The molecule has 0 unspecified atom stereocenters. The number of hydrogen-bond donors (Lipinski definition) is 0. The molecule has 0 heterocycles. The molecule has 0 aromatic carbocycles. The Hall–Kier alpha value is -0.590. The van der Waals surface area contributed by atoms with Gasteiger partial charge >= 0.3 is 0 Å². The highest BCUT2D eigenvalue weighted by Crippen LogP contribution is 1.85. The quantitative estimate of drug-likeness (QED) is 0.326. The van der Waals surface area contributed by atoms with E-state index in [-0.39, 0.29) is 0 Å². The van der Waals surface area contributed by atoms with Crippen LogP contribution in [0.15, 0.2) is 0 Å². The lowest BCUT2D eigenvalue weighted by molar-refractivity contribution is -0.0624. The molecule has 0 saturated carbocycles. The van der Waals surface area contributed by atoms with Crippen LogP contribution < -0.4 is 5.06 Å². The third kappa shape index (κ3) is 4.30. The summed E-state index contributed by atoms with van der Waals surface area (Å²) in [6, 6.07) is 2.02. The summed E-state index contributed by atoms with van der Waals surface area (Å²) in [4.78, 5) is 5.19. The molecule has 0 aromatic rings. The largest absolute Gasteiger partial charge is 0.198 e. The van der Waals surface area contributed by atoms with Crippen LogP contribution in [0, 0.1) is 11.3 Å². The van der Waals surface area contributed by atoms with Crippen molar-refractivity contribution >= 4 is 0 Å². The predicted molar refractivity (Wildman–Crippen MR) is 39.4 cm³/mol. The number of nitrogens with zero attached hydrogens (tertiary/aromatic N) is 2. The van der Waals surface area contributed by atoms with E-state index in [0.29, 0.717) is 13.0 Å². The van der Waals surface area contributed by atoms with E-state index in [2.05, 4.69) is 0 Å². The lowest BCUT2D eigenvalue weighted by Gasteiger charge is -2.02. The Kier molecular flexibility index (Phi) is 6.14. The zero-order chi connectivity index (χ0) is 7.82. The van der Waals surface area contributed by atoms with Crippen LogP contribution in [0.2, 0.25) is 0 Å². The molecule has 0 spiro atoms. The first-order valence-electron chi connectivity index (χ1n) is 3.60. The summed E-state index contributed by atoms with van der Waals surface area (Å²) < 4.78 is 0. The van der Waals surface area contributed by atoms with Gasteiger partial charge in [-0.3, -0.25) is 0 Å². The van der Waals surface area contributed by atoms with Crippen molar-refractivity contribution in [2.75, 3.05) is 19.7 Å². The number of hydrogen-bond acceptors (Lipinski definition) is 3. The van der Waals surface area contributed by atoms with Gasteiger partial charge in [-0.15, -0.1) is 4.84 Å². The van der Waals surface area contributed by atoms with Gasteiger partial charge in [0.25, 0.3) is 0 Å². The summed E-state index contributed by atoms with van der Waals surface area (Å²) in [7, 11) is 0. The van der Waals surface area contributed by atoms with Crippen LogP contribution in [0.5, 0.6) is 0 Å². The predicted octanol–water partition coefficient (Wildman–Crippen LogP) is 1.01. The van der Waals surface area contributed by atoms with Crippen LogP contribution in [0.1, 0.15) is 20.3 Å². The lowest BCUT2D eigenvalue weighted by Crippen LogP contribution is -2.29. The van der Waals surface area contributed by atoms with Crippen LogP contribution >= 0.6 is 0 Å². The summed E-state index contributed by atoms with van der Waals surface area (Å²) in [5.74, 6) is 0. The van der Waals surface area contributed by atoms with Crippen molar-refractivity contribution in [3.8, 4) is 6.07 Å². The lowest BCUT2D eigenvalue weighted by atomic mass is 10.5. The van der Waals surface area contributed by atoms with Crippen LogP contribution in [-0.4, -0.2) is 19.7 Å². The molecular weight excluding hydrogens is 128 g/mol. The van der Waals surface area contributed by atoms with E-state index in [9.17, 15) is 0 Å². The first-order chi connectivity index (χ1) is 4.85. The third-order valence-corrected chi connectivity index (χ3v) is 1.19. The highest BCUT2D eigenvalue weighted by molar-refractivity contribution is 4.67. The molecule has 3 heteroatoms. The number of nitriles is 1. The van der Waals surface area contributed by atoms with E-state index in [1.54, 1.807) is 0 Å². The van der Waals surface area contributed by atoms with Gasteiger partial charge in [0, 0.05) is 0 Å². The fourth-order valence-corrected chi connectivity index (χ4v) is 0.627. The average Bonchev–Trinajstić information content (AvgIpc) is 1.99. The molecule has 0 bridgehead atoms. The summed E-state index contributed by atoms with van der Waals surface area (Å²) in [5, 5.41) is 10.0. The maximum Gasteiger partial charge on any atom is 0.157 e. The van der Waals surface area contributed by atoms with Gasteiger partial charge in [-0.25, -0.2) is 0 Å². The molecular formula is C7H14N2O+. The Morgan fingerprint density at radius 3 is 2.40 bits per heavy atom. The number of rotatable bonds is 5. The molecule has 0 amide bonds. The van der Waals surface area contributed by atoms with Crippen molar-refractivity contribution in [2.45, 2.75) is 20.3 Å².